The van der Waals surface area contributed by atoms with E-state index in [2.05, 4.69) is 15.5 Å². The van der Waals surface area contributed by atoms with Gasteiger partial charge in [-0.25, -0.2) is 4.98 Å². The first kappa shape index (κ1) is 21.2. The van der Waals surface area contributed by atoms with Crippen molar-refractivity contribution in [2.24, 2.45) is 5.92 Å². The number of imidazole rings is 1. The predicted molar refractivity (Wildman–Crippen MR) is 119 cm³/mol. The molecule has 0 unspecified atom stereocenters. The Bertz CT molecular complexity index is 1190. The molecule has 3 aromatic rings. The molecule has 0 bridgehead atoms. The maximum Gasteiger partial charge on any atom is 0.289 e. The van der Waals surface area contributed by atoms with Gasteiger partial charge in [0, 0.05) is 25.8 Å². The zero-order valence-electron chi connectivity index (χ0n) is 18.8. The van der Waals surface area contributed by atoms with Gasteiger partial charge in [-0.15, -0.1) is 0 Å². The number of hydrogen-bond donors (Lipinski definition) is 1. The Kier molecular flexibility index (Phi) is 5.62. The molecule has 0 atom stereocenters. The quantitative estimate of drug-likeness (QED) is 0.567. The summed E-state index contributed by atoms with van der Waals surface area (Å²) in [5, 5.41) is 6.76. The van der Waals surface area contributed by atoms with E-state index in [1.54, 1.807) is 6.92 Å². The lowest BCUT2D eigenvalue weighted by Crippen LogP contribution is -2.41. The van der Waals surface area contributed by atoms with Crippen LogP contribution in [0.5, 0.6) is 5.75 Å². The molecule has 1 fully saturated rings. The van der Waals surface area contributed by atoms with Crippen molar-refractivity contribution >= 4 is 11.8 Å². The predicted octanol–water partition coefficient (Wildman–Crippen LogP) is 2.86. The van der Waals surface area contributed by atoms with Gasteiger partial charge in [0.2, 0.25) is 0 Å². The smallest absolute Gasteiger partial charge is 0.289 e. The number of ether oxygens (including phenoxy) is 1. The Morgan fingerprint density at radius 1 is 1.27 bits per heavy atom. The number of fused-ring (bicyclic) bond motifs is 1. The minimum atomic E-state index is -0.373. The first-order valence-corrected chi connectivity index (χ1v) is 11.3. The zero-order valence-corrected chi connectivity index (χ0v) is 18.8. The Hall–Kier alpha value is -3.62. The number of carbonyl (C=O) groups is 2. The second-order valence-electron chi connectivity index (χ2n) is 8.80. The summed E-state index contributed by atoms with van der Waals surface area (Å²) in [4.78, 5) is 31.9. The number of rotatable bonds is 8. The third-order valence-corrected chi connectivity index (χ3v) is 6.09. The molecule has 1 aliphatic heterocycles. The van der Waals surface area contributed by atoms with Gasteiger partial charge in [-0.05, 0) is 50.3 Å². The van der Waals surface area contributed by atoms with Gasteiger partial charge in [0.15, 0.2) is 11.5 Å². The van der Waals surface area contributed by atoms with Gasteiger partial charge >= 0.3 is 0 Å². The molecule has 3 heterocycles. The Morgan fingerprint density at radius 2 is 2.12 bits per heavy atom. The van der Waals surface area contributed by atoms with Crippen LogP contribution in [0.4, 0.5) is 0 Å². The van der Waals surface area contributed by atoms with Crippen molar-refractivity contribution in [3.8, 4) is 5.75 Å². The number of hydrogen-bond acceptors (Lipinski definition) is 6. The van der Waals surface area contributed by atoms with E-state index < -0.39 is 0 Å². The van der Waals surface area contributed by atoms with Crippen molar-refractivity contribution in [3.63, 3.8) is 0 Å². The van der Waals surface area contributed by atoms with Crippen LogP contribution in [0.1, 0.15) is 56.5 Å². The van der Waals surface area contributed by atoms with E-state index >= 15 is 0 Å². The van der Waals surface area contributed by atoms with Gasteiger partial charge in [-0.1, -0.05) is 17.3 Å². The molecule has 0 saturated heterocycles. The standard InChI is InChI=1S/C24H27N5O4/c1-15-4-3-5-19(10-15)32-14-20-16(2)33-27-21(20)23(30)25-11-18-13-28-8-9-29(12-17-6-7-17)24(31)22(28)26-18/h3-5,10,13,17H,6-9,11-12,14H2,1-2H3,(H,25,30). The molecule has 5 rings (SSSR count). The van der Waals surface area contributed by atoms with E-state index in [-0.39, 0.29) is 30.7 Å². The molecule has 33 heavy (non-hydrogen) atoms. The molecule has 9 nitrogen and oxygen atoms in total. The lowest BCUT2D eigenvalue weighted by Gasteiger charge is -2.27. The average molecular weight is 450 g/mol. The third-order valence-electron chi connectivity index (χ3n) is 6.09. The summed E-state index contributed by atoms with van der Waals surface area (Å²) in [5.41, 5.74) is 2.52. The van der Waals surface area contributed by atoms with Crippen LogP contribution in [-0.2, 0) is 19.7 Å². The molecule has 1 N–H and O–H groups in total. The summed E-state index contributed by atoms with van der Waals surface area (Å²) < 4.78 is 13.0. The number of aryl methyl sites for hydroxylation is 2. The van der Waals surface area contributed by atoms with Crippen LogP contribution in [0.15, 0.2) is 35.0 Å². The molecule has 1 aromatic carbocycles. The molecule has 9 heteroatoms. The van der Waals surface area contributed by atoms with Crippen molar-refractivity contribution in [3.05, 3.63) is 64.6 Å². The minimum absolute atomic E-state index is 0.0339. The number of amides is 2. The first-order chi connectivity index (χ1) is 16.0. The summed E-state index contributed by atoms with van der Waals surface area (Å²) in [5.74, 6) is 1.92. The zero-order chi connectivity index (χ0) is 22.9. The van der Waals surface area contributed by atoms with Crippen LogP contribution < -0.4 is 10.1 Å². The van der Waals surface area contributed by atoms with Crippen LogP contribution in [0, 0.1) is 19.8 Å². The van der Waals surface area contributed by atoms with Crippen molar-refractivity contribution < 1.29 is 18.8 Å². The Morgan fingerprint density at radius 3 is 2.91 bits per heavy atom. The van der Waals surface area contributed by atoms with E-state index in [0.717, 1.165) is 18.7 Å². The van der Waals surface area contributed by atoms with Gasteiger partial charge in [0.1, 0.15) is 18.1 Å². The van der Waals surface area contributed by atoms with Crippen molar-refractivity contribution in [2.45, 2.75) is 46.4 Å². The molecule has 1 aliphatic carbocycles. The highest BCUT2D eigenvalue weighted by Crippen LogP contribution is 2.30. The molecule has 1 saturated carbocycles. The van der Waals surface area contributed by atoms with Gasteiger partial charge in [0.05, 0.1) is 17.8 Å². The number of nitrogens with one attached hydrogen (secondary N) is 1. The molecule has 2 amide bonds. The molecule has 0 spiro atoms. The van der Waals surface area contributed by atoms with Gasteiger partial charge in [0.25, 0.3) is 11.8 Å². The SMILES string of the molecule is Cc1cccc(OCc2c(C(=O)NCc3cn4c(n3)C(=O)N(CC3CC3)CC4)noc2C)c1. The summed E-state index contributed by atoms with van der Waals surface area (Å²) in [6.07, 6.45) is 4.24. The van der Waals surface area contributed by atoms with E-state index in [1.807, 2.05) is 46.9 Å². The topological polar surface area (TPSA) is 102 Å². The number of aromatic nitrogens is 3. The maximum absolute atomic E-state index is 12.8. The van der Waals surface area contributed by atoms with Gasteiger partial charge in [-0.3, -0.25) is 9.59 Å². The van der Waals surface area contributed by atoms with E-state index in [4.69, 9.17) is 9.26 Å². The first-order valence-electron chi connectivity index (χ1n) is 11.3. The van der Waals surface area contributed by atoms with Crippen LogP contribution in [-0.4, -0.2) is 44.5 Å². The molecular formula is C24H27N5O4. The molecule has 2 aromatic heterocycles. The fourth-order valence-corrected chi connectivity index (χ4v) is 4.01. The van der Waals surface area contributed by atoms with Crippen molar-refractivity contribution in [1.29, 1.82) is 0 Å². The molecule has 172 valence electrons. The third kappa shape index (κ3) is 4.62. The van der Waals surface area contributed by atoms with E-state index in [9.17, 15) is 9.59 Å². The highest BCUT2D eigenvalue weighted by molar-refractivity contribution is 5.94. The average Bonchev–Trinajstić information content (AvgIpc) is 3.39. The summed E-state index contributed by atoms with van der Waals surface area (Å²) in [7, 11) is 0. The largest absolute Gasteiger partial charge is 0.489 e. The van der Waals surface area contributed by atoms with Crippen LogP contribution in [0.25, 0.3) is 0 Å². The fourth-order valence-electron chi connectivity index (χ4n) is 4.01. The maximum atomic E-state index is 12.8. The number of carbonyl (C=O) groups excluding carboxylic acids is 2. The lowest BCUT2D eigenvalue weighted by molar-refractivity contribution is 0.0688. The van der Waals surface area contributed by atoms with Gasteiger partial charge < -0.3 is 24.0 Å². The van der Waals surface area contributed by atoms with E-state index in [0.29, 0.717) is 41.1 Å². The fraction of sp³-hybridized carbons (Fsp3) is 0.417. The number of benzene rings is 1. The van der Waals surface area contributed by atoms with Crippen LogP contribution in [0.2, 0.25) is 0 Å². The second-order valence-corrected chi connectivity index (χ2v) is 8.80. The van der Waals surface area contributed by atoms with Crippen molar-refractivity contribution in [2.75, 3.05) is 13.1 Å². The van der Waals surface area contributed by atoms with E-state index in [1.165, 1.54) is 12.8 Å². The second kappa shape index (κ2) is 8.73. The Labute approximate surface area is 191 Å². The minimum Gasteiger partial charge on any atom is -0.489 e. The summed E-state index contributed by atoms with van der Waals surface area (Å²) in [6, 6.07) is 7.70. The summed E-state index contributed by atoms with van der Waals surface area (Å²) >= 11 is 0. The normalized spacial score (nSPS) is 15.5. The van der Waals surface area contributed by atoms with Crippen molar-refractivity contribution in [1.82, 2.24) is 24.9 Å². The highest BCUT2D eigenvalue weighted by Gasteiger charge is 2.32. The number of nitrogens with zero attached hydrogens (tertiary/aromatic N) is 4. The van der Waals surface area contributed by atoms with Crippen LogP contribution in [0.3, 0.4) is 0 Å². The van der Waals surface area contributed by atoms with Gasteiger partial charge in [-0.2, -0.15) is 0 Å². The highest BCUT2D eigenvalue weighted by atomic mass is 16.5. The van der Waals surface area contributed by atoms with Crippen LogP contribution >= 0.6 is 0 Å². The molecular weight excluding hydrogens is 422 g/mol. The summed E-state index contributed by atoms with van der Waals surface area (Å²) in [6.45, 7) is 6.34. The lowest BCUT2D eigenvalue weighted by atomic mass is 10.2. The monoisotopic (exact) mass is 449 g/mol. The molecule has 0 radical (unpaired) electrons. The Balaban J connectivity index is 1.22. The molecule has 2 aliphatic rings.